The van der Waals surface area contributed by atoms with E-state index in [4.69, 9.17) is 25.7 Å². The molecule has 0 spiro atoms. The van der Waals surface area contributed by atoms with E-state index in [-0.39, 0.29) is 116 Å². The number of ether oxygens (including phenoxy) is 3. The monoisotopic (exact) mass is 854 g/mol. The summed E-state index contributed by atoms with van der Waals surface area (Å²) in [5, 5.41) is 34.5. The van der Waals surface area contributed by atoms with Gasteiger partial charge in [-0.3, -0.25) is 44.4 Å². The number of cyclic esters (lactones) is 3. The number of hydrogen-bond acceptors (Lipinski definition) is 16. The van der Waals surface area contributed by atoms with E-state index in [2.05, 4.69) is 5.32 Å². The van der Waals surface area contributed by atoms with E-state index in [0.717, 1.165) is 12.2 Å². The minimum atomic E-state index is -1.19. The molecule has 0 aliphatic carbocycles. The van der Waals surface area contributed by atoms with Crippen molar-refractivity contribution in [2.75, 3.05) is 39.5 Å². The van der Waals surface area contributed by atoms with E-state index in [1.165, 1.54) is 13.0 Å². The third-order valence-electron chi connectivity index (χ3n) is 8.66. The number of Topliss-reactive ketones (excluding diaryl/α,β-unsaturated/α-hetero) is 1. The lowest BCUT2D eigenvalue weighted by Gasteiger charge is -2.19. The molecular weight excluding hydrogens is 788 g/mol. The second kappa shape index (κ2) is 30.9. The third-order valence-corrected chi connectivity index (χ3v) is 8.66. The molecule has 0 saturated heterocycles. The Kier molecular flexibility index (Phi) is 28.4. The summed E-state index contributed by atoms with van der Waals surface area (Å²) in [5.74, 6) is -5.38. The number of nitrogens with one attached hydrogen (secondary N) is 1. The Morgan fingerprint density at radius 3 is 1.30 bits per heavy atom. The molecular formula is C40H66N6O14. The summed E-state index contributed by atoms with van der Waals surface area (Å²) >= 11 is 0. The molecule has 20 nitrogen and oxygen atoms in total. The van der Waals surface area contributed by atoms with Crippen molar-refractivity contribution >= 4 is 47.3 Å². The molecule has 0 bridgehead atoms. The van der Waals surface area contributed by atoms with Crippen molar-refractivity contribution in [3.8, 4) is 0 Å². The maximum absolute atomic E-state index is 13.0. The van der Waals surface area contributed by atoms with Crippen molar-refractivity contribution in [2.45, 2.75) is 130 Å². The van der Waals surface area contributed by atoms with E-state index in [1.54, 1.807) is 20.8 Å². The van der Waals surface area contributed by atoms with Crippen LogP contribution in [0.5, 0.6) is 0 Å². The van der Waals surface area contributed by atoms with Gasteiger partial charge in [0.2, 0.25) is 5.91 Å². The number of rotatable bonds is 4. The van der Waals surface area contributed by atoms with Crippen LogP contribution in [0.2, 0.25) is 0 Å². The zero-order valence-electron chi connectivity index (χ0n) is 35.8. The van der Waals surface area contributed by atoms with Gasteiger partial charge < -0.3 is 35.8 Å². The highest BCUT2D eigenvalue weighted by Gasteiger charge is 2.24. The number of ketones is 1. The van der Waals surface area contributed by atoms with E-state index < -0.39 is 59.7 Å². The van der Waals surface area contributed by atoms with Crippen LogP contribution in [0.1, 0.15) is 112 Å². The standard InChI is InChI=1S/C38H60N6O14.C2H6/c1-25-13-19-56-36(50)30(40)9-6-17-43(54)34(48)24-27(3)15-21-58-38(52)31(41-32(46)12-11-28(4)45)10-7-18-44(55)35(49)23-26(2)14-20-57-37(51)29(39)8-5-16-42(53)33(47)22-25;1-2/h22-24,29-31,53-55H,5-21,39-40H2,1-4H3,(H,41,46);1-2H3/b25-22-,26-23-,27-24-;. The van der Waals surface area contributed by atoms with Gasteiger partial charge in [0.25, 0.3) is 17.7 Å². The fourth-order valence-electron chi connectivity index (χ4n) is 5.06. The molecule has 0 aromatic carbocycles. The largest absolute Gasteiger partial charge is 0.464 e. The smallest absolute Gasteiger partial charge is 0.328 e. The molecule has 1 heterocycles. The highest BCUT2D eigenvalue weighted by Crippen LogP contribution is 2.10. The highest BCUT2D eigenvalue weighted by molar-refractivity contribution is 5.89. The van der Waals surface area contributed by atoms with Gasteiger partial charge in [0, 0.05) is 70.0 Å². The zero-order valence-corrected chi connectivity index (χ0v) is 35.8. The zero-order chi connectivity index (χ0) is 45.8. The lowest BCUT2D eigenvalue weighted by atomic mass is 10.1. The first-order valence-electron chi connectivity index (χ1n) is 20.1. The molecule has 1 aliphatic rings. The fraction of sp³-hybridized carbons (Fsp3) is 0.650. The Balaban J connectivity index is 0.0000171. The molecule has 0 aromatic heterocycles. The molecule has 1 rings (SSSR count). The number of hydroxylamine groups is 6. The quantitative estimate of drug-likeness (QED) is 0.134. The first-order chi connectivity index (χ1) is 28.3. The first kappa shape index (κ1) is 55.0. The molecule has 3 atom stereocenters. The Bertz CT molecular complexity index is 1530. The van der Waals surface area contributed by atoms with Gasteiger partial charge in [-0.1, -0.05) is 30.6 Å². The summed E-state index contributed by atoms with van der Waals surface area (Å²) in [6, 6.07) is -3.29. The minimum Gasteiger partial charge on any atom is -0.464 e. The normalized spacial score (nSPS) is 24.8. The number of carbonyl (C=O) groups is 8. The van der Waals surface area contributed by atoms with Crippen LogP contribution in [-0.2, 0) is 52.6 Å². The molecule has 20 heteroatoms. The van der Waals surface area contributed by atoms with Gasteiger partial charge in [-0.25, -0.2) is 20.0 Å². The first-order valence-corrected chi connectivity index (χ1v) is 20.1. The highest BCUT2D eigenvalue weighted by atomic mass is 16.5. The Hall–Kier alpha value is -5.02. The number of nitrogens with two attached hydrogens (primary N) is 2. The van der Waals surface area contributed by atoms with Crippen molar-refractivity contribution in [3.63, 3.8) is 0 Å². The molecule has 4 amide bonds. The van der Waals surface area contributed by atoms with E-state index >= 15 is 0 Å². The Morgan fingerprint density at radius 2 is 0.950 bits per heavy atom. The van der Waals surface area contributed by atoms with Crippen LogP contribution >= 0.6 is 0 Å². The van der Waals surface area contributed by atoms with Crippen LogP contribution in [0.4, 0.5) is 0 Å². The fourth-order valence-corrected chi connectivity index (χ4v) is 5.06. The van der Waals surface area contributed by atoms with Crippen molar-refractivity contribution in [2.24, 2.45) is 11.5 Å². The molecule has 1 aliphatic heterocycles. The SMILES string of the molecule is CC.CC(=O)CCC(=O)NC1CCCN(O)C(=O)/C=C(/C)CCOC(=O)C(N)CCCN(O)C(=O)/C=C(/C)CCOC(=O)C(N)CCCN(O)C(=O)/C=C(/C)CCOC1=O. The van der Waals surface area contributed by atoms with Gasteiger partial charge in [0.05, 0.1) is 19.8 Å². The van der Waals surface area contributed by atoms with Gasteiger partial charge in [-0.05, 0) is 66.2 Å². The number of hydrogen-bond donors (Lipinski definition) is 6. The molecule has 0 radical (unpaired) electrons. The van der Waals surface area contributed by atoms with E-state index in [0.29, 0.717) is 31.9 Å². The number of amides is 4. The van der Waals surface area contributed by atoms with Gasteiger partial charge in [0.1, 0.15) is 23.9 Å². The molecule has 8 N–H and O–H groups in total. The number of carbonyl (C=O) groups excluding carboxylic acids is 8. The van der Waals surface area contributed by atoms with Gasteiger partial charge in [-0.15, -0.1) is 0 Å². The average molecular weight is 855 g/mol. The van der Waals surface area contributed by atoms with Crippen LogP contribution in [0.15, 0.2) is 34.9 Å². The van der Waals surface area contributed by atoms with Crippen molar-refractivity contribution in [3.05, 3.63) is 34.9 Å². The summed E-state index contributed by atoms with van der Waals surface area (Å²) in [4.78, 5) is 98.9. The maximum atomic E-state index is 13.0. The summed E-state index contributed by atoms with van der Waals surface area (Å²) in [5.41, 5.74) is 13.2. The summed E-state index contributed by atoms with van der Waals surface area (Å²) < 4.78 is 15.7. The topological polar surface area (TPSA) is 299 Å². The second-order valence-electron chi connectivity index (χ2n) is 14.1. The molecule has 60 heavy (non-hydrogen) atoms. The second-order valence-corrected chi connectivity index (χ2v) is 14.1. The molecule has 0 fully saturated rings. The van der Waals surface area contributed by atoms with E-state index in [1.807, 2.05) is 13.8 Å². The van der Waals surface area contributed by atoms with Crippen LogP contribution in [0, 0.1) is 0 Å². The van der Waals surface area contributed by atoms with Crippen molar-refractivity contribution < 1.29 is 68.2 Å². The summed E-state index contributed by atoms with van der Waals surface area (Å²) in [6.07, 6.45) is 4.07. The van der Waals surface area contributed by atoms with Crippen LogP contribution in [-0.4, -0.2) is 136 Å². The number of esters is 3. The lowest BCUT2D eigenvalue weighted by Crippen LogP contribution is -2.42. The van der Waals surface area contributed by atoms with Gasteiger partial charge in [-0.2, -0.15) is 0 Å². The predicted molar refractivity (Wildman–Crippen MR) is 215 cm³/mol. The van der Waals surface area contributed by atoms with Crippen LogP contribution in [0.3, 0.4) is 0 Å². The molecule has 0 saturated carbocycles. The summed E-state index contributed by atoms with van der Waals surface area (Å²) in [7, 11) is 0. The maximum Gasteiger partial charge on any atom is 0.328 e. The summed E-state index contributed by atoms with van der Waals surface area (Å²) in [6.45, 7) is 9.12. The van der Waals surface area contributed by atoms with Gasteiger partial charge in [0.15, 0.2) is 0 Å². The van der Waals surface area contributed by atoms with Crippen LogP contribution in [0.25, 0.3) is 0 Å². The predicted octanol–water partition coefficient (Wildman–Crippen LogP) is 2.17. The average Bonchev–Trinajstić information content (AvgIpc) is 3.19. The van der Waals surface area contributed by atoms with E-state index in [9.17, 15) is 54.0 Å². The molecule has 3 unspecified atom stereocenters. The Labute approximate surface area is 351 Å². The van der Waals surface area contributed by atoms with Crippen molar-refractivity contribution in [1.82, 2.24) is 20.5 Å². The lowest BCUT2D eigenvalue weighted by molar-refractivity contribution is -0.160. The van der Waals surface area contributed by atoms with Crippen LogP contribution < -0.4 is 16.8 Å². The Morgan fingerprint density at radius 1 is 0.617 bits per heavy atom. The number of nitrogens with zero attached hydrogens (tertiary/aromatic N) is 3. The third kappa shape index (κ3) is 24.8. The van der Waals surface area contributed by atoms with Gasteiger partial charge >= 0.3 is 17.9 Å². The minimum absolute atomic E-state index is 0.0434. The molecule has 0 aromatic rings. The van der Waals surface area contributed by atoms with Crippen molar-refractivity contribution in [1.29, 1.82) is 0 Å². The molecule has 340 valence electrons.